The predicted octanol–water partition coefficient (Wildman–Crippen LogP) is -0.205. The average Bonchev–Trinajstić information content (AvgIpc) is 2.56. The van der Waals surface area contributed by atoms with Crippen LogP contribution in [-0.4, -0.2) is 55.4 Å². The van der Waals surface area contributed by atoms with Gasteiger partial charge in [0.1, 0.15) is 6.54 Å². The summed E-state index contributed by atoms with van der Waals surface area (Å²) in [6.07, 6.45) is 0. The molecular formula is C14H16N4O3. The normalized spacial score (nSPS) is 19.0. The van der Waals surface area contributed by atoms with Gasteiger partial charge >= 0.3 is 0 Å². The number of aliphatic imine (C=N–C) groups is 1. The van der Waals surface area contributed by atoms with Gasteiger partial charge in [-0.3, -0.25) is 20.0 Å². The molecule has 2 amide bonds. The maximum atomic E-state index is 12.4. The number of anilines is 1. The highest BCUT2D eigenvalue weighted by molar-refractivity contribution is 6.39. The van der Waals surface area contributed by atoms with Gasteiger partial charge in [0.25, 0.3) is 11.8 Å². The first-order chi connectivity index (χ1) is 10.3. The summed E-state index contributed by atoms with van der Waals surface area (Å²) >= 11 is 0. The second-order valence-electron chi connectivity index (χ2n) is 4.75. The highest BCUT2D eigenvalue weighted by Gasteiger charge is 2.29. The first-order valence-corrected chi connectivity index (χ1v) is 6.82. The van der Waals surface area contributed by atoms with Crippen molar-refractivity contribution in [2.24, 2.45) is 4.99 Å². The number of morpholine rings is 1. The standard InChI is InChI=1S/C14H16N4O3/c19-12-10-15-13(14(20)17-6-8-21-9-7-17)16-18(12)11-4-2-1-3-5-11/h1-5H,6-10H2,(H,15,16). The van der Waals surface area contributed by atoms with Gasteiger partial charge in [0.05, 0.1) is 18.9 Å². The zero-order chi connectivity index (χ0) is 14.7. The van der Waals surface area contributed by atoms with E-state index in [1.807, 2.05) is 18.2 Å². The average molecular weight is 288 g/mol. The Labute approximate surface area is 122 Å². The number of hydrogen-bond acceptors (Lipinski definition) is 5. The smallest absolute Gasteiger partial charge is 0.290 e. The molecule has 0 aromatic heterocycles. The van der Waals surface area contributed by atoms with Crippen molar-refractivity contribution in [2.75, 3.05) is 37.9 Å². The Hall–Kier alpha value is -2.41. The number of amides is 2. The zero-order valence-electron chi connectivity index (χ0n) is 11.5. The maximum absolute atomic E-state index is 12.4. The number of nitrogens with one attached hydrogen (secondary N) is 1. The third-order valence-corrected chi connectivity index (χ3v) is 3.35. The molecule has 0 aliphatic carbocycles. The Balaban J connectivity index is 1.75. The van der Waals surface area contributed by atoms with E-state index in [1.165, 1.54) is 5.01 Å². The van der Waals surface area contributed by atoms with Gasteiger partial charge in [-0.2, -0.15) is 0 Å². The summed E-state index contributed by atoms with van der Waals surface area (Å²) < 4.78 is 5.23. The number of para-hydroxylation sites is 1. The van der Waals surface area contributed by atoms with Gasteiger partial charge in [-0.25, -0.2) is 5.01 Å². The molecule has 1 aromatic rings. The molecule has 1 fully saturated rings. The van der Waals surface area contributed by atoms with Crippen LogP contribution in [0.15, 0.2) is 35.3 Å². The van der Waals surface area contributed by atoms with Crippen LogP contribution in [0.4, 0.5) is 5.69 Å². The summed E-state index contributed by atoms with van der Waals surface area (Å²) in [6.45, 7) is 2.10. The van der Waals surface area contributed by atoms with Gasteiger partial charge in [-0.1, -0.05) is 18.2 Å². The molecule has 110 valence electrons. The minimum atomic E-state index is -0.202. The lowest BCUT2D eigenvalue weighted by atomic mass is 10.3. The topological polar surface area (TPSA) is 74.2 Å². The second kappa shape index (κ2) is 5.92. The SMILES string of the molecule is O=C(C1=NCC(=O)N(c2ccccc2)N1)N1CCOCC1. The van der Waals surface area contributed by atoms with Crippen LogP contribution in [0.25, 0.3) is 0 Å². The lowest BCUT2D eigenvalue weighted by Gasteiger charge is -2.31. The first-order valence-electron chi connectivity index (χ1n) is 6.82. The van der Waals surface area contributed by atoms with E-state index >= 15 is 0 Å². The van der Waals surface area contributed by atoms with Crippen molar-refractivity contribution in [2.45, 2.75) is 0 Å². The molecule has 1 N–H and O–H groups in total. The molecule has 0 unspecified atom stereocenters. The zero-order valence-corrected chi connectivity index (χ0v) is 11.5. The van der Waals surface area contributed by atoms with Gasteiger partial charge in [-0.05, 0) is 12.1 Å². The second-order valence-corrected chi connectivity index (χ2v) is 4.75. The molecule has 1 aromatic carbocycles. The first kappa shape index (κ1) is 13.6. The fourth-order valence-corrected chi connectivity index (χ4v) is 2.24. The summed E-state index contributed by atoms with van der Waals surface area (Å²) in [7, 11) is 0. The molecule has 0 bridgehead atoms. The van der Waals surface area contributed by atoms with Crippen LogP contribution in [0, 0.1) is 0 Å². The van der Waals surface area contributed by atoms with Crippen molar-refractivity contribution in [3.05, 3.63) is 30.3 Å². The lowest BCUT2D eigenvalue weighted by Crippen LogP contribution is -2.57. The molecule has 2 aliphatic rings. The summed E-state index contributed by atoms with van der Waals surface area (Å²) in [5.74, 6) is -0.202. The summed E-state index contributed by atoms with van der Waals surface area (Å²) in [5, 5.41) is 1.36. The minimum Gasteiger partial charge on any atom is -0.378 e. The third kappa shape index (κ3) is 2.87. The van der Waals surface area contributed by atoms with Crippen LogP contribution in [-0.2, 0) is 14.3 Å². The fourth-order valence-electron chi connectivity index (χ4n) is 2.24. The summed E-state index contributed by atoms with van der Waals surface area (Å²) in [5.41, 5.74) is 3.50. The van der Waals surface area contributed by atoms with Gasteiger partial charge in [0.2, 0.25) is 5.84 Å². The van der Waals surface area contributed by atoms with E-state index in [0.717, 1.165) is 0 Å². The Morgan fingerprint density at radius 1 is 1.19 bits per heavy atom. The van der Waals surface area contributed by atoms with E-state index in [-0.39, 0.29) is 24.2 Å². The van der Waals surface area contributed by atoms with E-state index in [2.05, 4.69) is 10.4 Å². The number of nitrogens with zero attached hydrogens (tertiary/aromatic N) is 3. The minimum absolute atomic E-state index is 0.0344. The Kier molecular flexibility index (Phi) is 3.83. The van der Waals surface area contributed by atoms with Crippen LogP contribution in [0.3, 0.4) is 0 Å². The largest absolute Gasteiger partial charge is 0.378 e. The van der Waals surface area contributed by atoms with Crippen LogP contribution < -0.4 is 10.4 Å². The number of carbonyl (C=O) groups excluding carboxylic acids is 2. The number of carbonyl (C=O) groups is 2. The monoisotopic (exact) mass is 288 g/mol. The molecule has 0 atom stereocenters. The molecule has 0 radical (unpaired) electrons. The Morgan fingerprint density at radius 3 is 2.62 bits per heavy atom. The van der Waals surface area contributed by atoms with Crippen molar-refractivity contribution < 1.29 is 14.3 Å². The maximum Gasteiger partial charge on any atom is 0.290 e. The van der Waals surface area contributed by atoms with Crippen molar-refractivity contribution in [1.82, 2.24) is 10.3 Å². The van der Waals surface area contributed by atoms with E-state index in [4.69, 9.17) is 4.74 Å². The number of hydrogen-bond donors (Lipinski definition) is 1. The van der Waals surface area contributed by atoms with Crippen molar-refractivity contribution >= 4 is 23.3 Å². The summed E-state index contributed by atoms with van der Waals surface area (Å²) in [4.78, 5) is 30.0. The van der Waals surface area contributed by atoms with Crippen LogP contribution in [0.5, 0.6) is 0 Å². The highest BCUT2D eigenvalue weighted by Crippen LogP contribution is 2.13. The predicted molar refractivity (Wildman–Crippen MR) is 76.8 cm³/mol. The number of rotatable bonds is 2. The quantitative estimate of drug-likeness (QED) is 0.817. The molecule has 21 heavy (non-hydrogen) atoms. The van der Waals surface area contributed by atoms with Gasteiger partial charge in [0, 0.05) is 13.1 Å². The van der Waals surface area contributed by atoms with Crippen LogP contribution >= 0.6 is 0 Å². The lowest BCUT2D eigenvalue weighted by molar-refractivity contribution is -0.128. The molecule has 3 rings (SSSR count). The number of amidine groups is 1. The van der Waals surface area contributed by atoms with E-state index < -0.39 is 0 Å². The molecule has 2 aliphatic heterocycles. The number of hydrazine groups is 1. The molecule has 7 nitrogen and oxygen atoms in total. The Morgan fingerprint density at radius 2 is 1.90 bits per heavy atom. The Bertz CT molecular complexity index is 567. The van der Waals surface area contributed by atoms with Crippen molar-refractivity contribution in [3.63, 3.8) is 0 Å². The molecule has 0 saturated carbocycles. The third-order valence-electron chi connectivity index (χ3n) is 3.35. The van der Waals surface area contributed by atoms with Gasteiger partial charge < -0.3 is 9.64 Å². The molecule has 1 saturated heterocycles. The van der Waals surface area contributed by atoms with Crippen molar-refractivity contribution in [3.8, 4) is 0 Å². The fraction of sp³-hybridized carbons (Fsp3) is 0.357. The highest BCUT2D eigenvalue weighted by atomic mass is 16.5. The van der Waals surface area contributed by atoms with E-state index in [9.17, 15) is 9.59 Å². The molecule has 2 heterocycles. The van der Waals surface area contributed by atoms with Gasteiger partial charge in [-0.15, -0.1) is 0 Å². The van der Waals surface area contributed by atoms with Gasteiger partial charge in [0.15, 0.2) is 0 Å². The number of benzene rings is 1. The molecule has 7 heteroatoms. The van der Waals surface area contributed by atoms with Crippen LogP contribution in [0.2, 0.25) is 0 Å². The molecular weight excluding hydrogens is 272 g/mol. The summed E-state index contributed by atoms with van der Waals surface area (Å²) in [6, 6.07) is 9.13. The molecule has 0 spiro atoms. The van der Waals surface area contributed by atoms with Crippen molar-refractivity contribution in [1.29, 1.82) is 0 Å². The van der Waals surface area contributed by atoms with E-state index in [1.54, 1.807) is 17.0 Å². The van der Waals surface area contributed by atoms with Crippen LogP contribution in [0.1, 0.15) is 0 Å². The van der Waals surface area contributed by atoms with E-state index in [0.29, 0.717) is 32.0 Å². The number of ether oxygens (including phenoxy) is 1.